The zero-order valence-electron chi connectivity index (χ0n) is 11.0. The fraction of sp³-hybridized carbons (Fsp3) is 0.308. The Morgan fingerprint density at radius 2 is 2.05 bits per heavy atom. The highest BCUT2D eigenvalue weighted by Crippen LogP contribution is 2.49. The molecule has 3 rings (SSSR count). The van der Waals surface area contributed by atoms with Crippen molar-refractivity contribution in [2.45, 2.75) is 16.7 Å². The first-order valence-corrected chi connectivity index (χ1v) is 9.01. The van der Waals surface area contributed by atoms with Crippen LogP contribution in [0.5, 0.6) is 0 Å². The van der Waals surface area contributed by atoms with Gasteiger partial charge < -0.3 is 5.32 Å². The molecule has 2 aromatic rings. The average Bonchev–Trinajstić information content (AvgIpc) is 3.12. The van der Waals surface area contributed by atoms with E-state index in [1.807, 2.05) is 18.4 Å². The van der Waals surface area contributed by atoms with E-state index in [2.05, 4.69) is 15.5 Å². The number of hydrogen-bond acceptors (Lipinski definition) is 5. The number of anilines is 1. The number of halogens is 2. The lowest BCUT2D eigenvalue weighted by Crippen LogP contribution is -2.14. The molecule has 2 atom stereocenters. The molecule has 0 saturated heterocycles. The predicted molar refractivity (Wildman–Crippen MR) is 87.6 cm³/mol. The Hall–Kier alpha value is -0.820. The minimum atomic E-state index is -0.0545. The number of benzene rings is 1. The highest BCUT2D eigenvalue weighted by atomic mass is 35.5. The van der Waals surface area contributed by atoms with Gasteiger partial charge in [-0.15, -0.1) is 10.2 Å². The van der Waals surface area contributed by atoms with Crippen LogP contribution in [-0.2, 0) is 4.79 Å². The van der Waals surface area contributed by atoms with Gasteiger partial charge in [0.2, 0.25) is 11.0 Å². The van der Waals surface area contributed by atoms with Crippen LogP contribution in [0.3, 0.4) is 0 Å². The molecule has 1 aliphatic carbocycles. The number of rotatable bonds is 4. The third kappa shape index (κ3) is 3.51. The fourth-order valence-electron chi connectivity index (χ4n) is 2.18. The molecule has 0 unspecified atom stereocenters. The Morgan fingerprint density at radius 1 is 1.33 bits per heavy atom. The number of amides is 1. The smallest absolute Gasteiger partial charge is 0.229 e. The van der Waals surface area contributed by atoms with E-state index in [9.17, 15) is 4.79 Å². The van der Waals surface area contributed by atoms with Crippen LogP contribution in [0.2, 0.25) is 10.0 Å². The molecule has 0 bridgehead atoms. The molecule has 1 saturated carbocycles. The zero-order chi connectivity index (χ0) is 15.0. The molecule has 1 heterocycles. The monoisotopic (exact) mass is 359 g/mol. The molecule has 1 aliphatic rings. The third-order valence-corrected chi connectivity index (χ3v) is 5.50. The van der Waals surface area contributed by atoms with E-state index in [0.717, 1.165) is 16.3 Å². The van der Waals surface area contributed by atoms with Crippen LogP contribution in [0.1, 0.15) is 17.9 Å². The quantitative estimate of drug-likeness (QED) is 0.652. The Balaban J connectivity index is 1.65. The van der Waals surface area contributed by atoms with E-state index >= 15 is 0 Å². The van der Waals surface area contributed by atoms with Crippen molar-refractivity contribution >= 4 is 57.3 Å². The van der Waals surface area contributed by atoms with Gasteiger partial charge in [-0.2, -0.15) is 0 Å². The summed E-state index contributed by atoms with van der Waals surface area (Å²) in [4.78, 5) is 12.2. The summed E-state index contributed by atoms with van der Waals surface area (Å²) in [6, 6.07) is 5.42. The largest absolute Gasteiger partial charge is 0.300 e. The van der Waals surface area contributed by atoms with Crippen LogP contribution in [-0.4, -0.2) is 22.4 Å². The molecule has 1 amide bonds. The van der Waals surface area contributed by atoms with E-state index in [0.29, 0.717) is 15.2 Å². The first-order valence-electron chi connectivity index (χ1n) is 6.21. The lowest BCUT2D eigenvalue weighted by molar-refractivity contribution is -0.117. The standard InChI is InChI=1S/C13H11Cl2N3OS2/c1-20-13-18-17-12(21-13)16-11(19)10-5-9(10)6-2-7(14)4-8(15)3-6/h2-4,9-10H,5H2,1H3,(H,16,17,19)/t9-,10-/m0/s1. The molecular formula is C13H11Cl2N3OS2. The predicted octanol–water partition coefficient (Wildman–Crippen LogP) is 4.31. The third-order valence-electron chi connectivity index (χ3n) is 3.25. The summed E-state index contributed by atoms with van der Waals surface area (Å²) < 4.78 is 0.833. The van der Waals surface area contributed by atoms with Crippen LogP contribution >= 0.6 is 46.3 Å². The van der Waals surface area contributed by atoms with Crippen molar-refractivity contribution in [1.82, 2.24) is 10.2 Å². The maximum Gasteiger partial charge on any atom is 0.229 e. The van der Waals surface area contributed by atoms with Crippen molar-refractivity contribution in [3.8, 4) is 0 Å². The van der Waals surface area contributed by atoms with Crippen LogP contribution in [0.15, 0.2) is 22.5 Å². The SMILES string of the molecule is CSc1nnc(NC(=O)[C@H]2C[C@H]2c2cc(Cl)cc(Cl)c2)s1. The Labute approximate surface area is 140 Å². The van der Waals surface area contributed by atoms with Gasteiger partial charge in [-0.25, -0.2) is 0 Å². The fourth-order valence-corrected chi connectivity index (χ4v) is 3.90. The minimum Gasteiger partial charge on any atom is -0.300 e. The van der Waals surface area contributed by atoms with Crippen molar-refractivity contribution in [2.75, 3.05) is 11.6 Å². The Bertz CT molecular complexity index is 672. The van der Waals surface area contributed by atoms with Gasteiger partial charge in [0, 0.05) is 16.0 Å². The van der Waals surface area contributed by atoms with E-state index in [-0.39, 0.29) is 17.7 Å². The number of carbonyl (C=O) groups excluding carboxylic acids is 1. The molecule has 4 nitrogen and oxygen atoms in total. The summed E-state index contributed by atoms with van der Waals surface area (Å²) in [6.45, 7) is 0. The maximum absolute atomic E-state index is 12.2. The molecule has 0 aliphatic heterocycles. The summed E-state index contributed by atoms with van der Waals surface area (Å²) in [5, 5.41) is 12.4. The molecule has 1 fully saturated rings. The van der Waals surface area contributed by atoms with Gasteiger partial charge in [0.1, 0.15) is 0 Å². The van der Waals surface area contributed by atoms with Crippen molar-refractivity contribution in [3.63, 3.8) is 0 Å². The highest BCUT2D eigenvalue weighted by molar-refractivity contribution is 8.00. The lowest BCUT2D eigenvalue weighted by atomic mass is 10.1. The Morgan fingerprint density at radius 3 is 2.67 bits per heavy atom. The van der Waals surface area contributed by atoms with E-state index in [4.69, 9.17) is 23.2 Å². The average molecular weight is 360 g/mol. The van der Waals surface area contributed by atoms with Crippen LogP contribution < -0.4 is 5.32 Å². The molecule has 1 aromatic heterocycles. The summed E-state index contributed by atoms with van der Waals surface area (Å²) >= 11 is 14.9. The van der Waals surface area contributed by atoms with Gasteiger partial charge in [-0.3, -0.25) is 4.79 Å². The number of thioether (sulfide) groups is 1. The van der Waals surface area contributed by atoms with Crippen molar-refractivity contribution in [1.29, 1.82) is 0 Å². The molecule has 0 radical (unpaired) electrons. The molecule has 8 heteroatoms. The van der Waals surface area contributed by atoms with Crippen molar-refractivity contribution in [3.05, 3.63) is 33.8 Å². The van der Waals surface area contributed by atoms with Crippen LogP contribution in [0.25, 0.3) is 0 Å². The zero-order valence-corrected chi connectivity index (χ0v) is 14.1. The number of aromatic nitrogens is 2. The van der Waals surface area contributed by atoms with Crippen LogP contribution in [0, 0.1) is 5.92 Å². The van der Waals surface area contributed by atoms with Gasteiger partial charge in [-0.1, -0.05) is 46.3 Å². The van der Waals surface area contributed by atoms with Gasteiger partial charge in [-0.05, 0) is 42.4 Å². The summed E-state index contributed by atoms with van der Waals surface area (Å²) in [7, 11) is 0. The normalized spacial score (nSPS) is 20.3. The second-order valence-corrected chi connectivity index (χ2v) is 7.62. The first kappa shape index (κ1) is 15.1. The first-order chi connectivity index (χ1) is 10.1. The summed E-state index contributed by atoms with van der Waals surface area (Å²) in [5.74, 6) is 0.0928. The van der Waals surface area contributed by atoms with E-state index in [1.54, 1.807) is 6.07 Å². The molecule has 1 aromatic carbocycles. The molecule has 110 valence electrons. The summed E-state index contributed by atoms with van der Waals surface area (Å²) in [5.41, 5.74) is 1.01. The second kappa shape index (κ2) is 6.12. The molecule has 0 spiro atoms. The van der Waals surface area contributed by atoms with Crippen LogP contribution in [0.4, 0.5) is 5.13 Å². The highest BCUT2D eigenvalue weighted by Gasteiger charge is 2.44. The maximum atomic E-state index is 12.2. The van der Waals surface area contributed by atoms with Crippen molar-refractivity contribution < 1.29 is 4.79 Å². The Kier molecular flexibility index (Phi) is 4.40. The van der Waals surface area contributed by atoms with Gasteiger partial charge >= 0.3 is 0 Å². The molecule has 1 N–H and O–H groups in total. The van der Waals surface area contributed by atoms with E-state index in [1.165, 1.54) is 23.1 Å². The number of carbonyl (C=O) groups is 1. The topological polar surface area (TPSA) is 54.9 Å². The van der Waals surface area contributed by atoms with Gasteiger partial charge in [0.25, 0.3) is 0 Å². The number of hydrogen-bond donors (Lipinski definition) is 1. The van der Waals surface area contributed by atoms with Crippen molar-refractivity contribution in [2.24, 2.45) is 5.92 Å². The minimum absolute atomic E-state index is 0.0279. The van der Waals surface area contributed by atoms with Gasteiger partial charge in [0.15, 0.2) is 4.34 Å². The lowest BCUT2D eigenvalue weighted by Gasteiger charge is -2.03. The van der Waals surface area contributed by atoms with Gasteiger partial charge in [0.05, 0.1) is 0 Å². The second-order valence-electron chi connectivity index (χ2n) is 4.72. The molecule has 21 heavy (non-hydrogen) atoms. The number of nitrogens with zero attached hydrogens (tertiary/aromatic N) is 2. The number of nitrogens with one attached hydrogen (secondary N) is 1. The summed E-state index contributed by atoms with van der Waals surface area (Å²) in [6.07, 6.45) is 2.72. The molecular weight excluding hydrogens is 349 g/mol. The van der Waals surface area contributed by atoms with E-state index < -0.39 is 0 Å².